The van der Waals surface area contributed by atoms with Gasteiger partial charge in [-0.05, 0) is 36.6 Å². The minimum absolute atomic E-state index is 0.0991. The van der Waals surface area contributed by atoms with Crippen molar-refractivity contribution in [2.45, 2.75) is 26.1 Å². The molecule has 0 aromatic heterocycles. The molecular formula is C18H20ClNO2. The summed E-state index contributed by atoms with van der Waals surface area (Å²) in [5, 5.41) is 3.59. The second-order valence-corrected chi connectivity index (χ2v) is 5.55. The SMILES string of the molecule is CC(OCc1ccccc1)C(=O)NCCc1cccc(Cl)c1. The quantitative estimate of drug-likeness (QED) is 0.847. The predicted molar refractivity (Wildman–Crippen MR) is 88.9 cm³/mol. The second kappa shape index (κ2) is 8.57. The lowest BCUT2D eigenvalue weighted by molar-refractivity contribution is -0.132. The lowest BCUT2D eigenvalue weighted by Crippen LogP contribution is -2.35. The molecule has 0 heterocycles. The van der Waals surface area contributed by atoms with Gasteiger partial charge in [0.2, 0.25) is 5.91 Å². The Morgan fingerprint density at radius 2 is 1.86 bits per heavy atom. The highest BCUT2D eigenvalue weighted by atomic mass is 35.5. The van der Waals surface area contributed by atoms with Crippen molar-refractivity contribution >= 4 is 17.5 Å². The van der Waals surface area contributed by atoms with Gasteiger partial charge < -0.3 is 10.1 Å². The van der Waals surface area contributed by atoms with Crippen LogP contribution in [0.4, 0.5) is 0 Å². The molecule has 2 aromatic rings. The number of carbonyl (C=O) groups is 1. The van der Waals surface area contributed by atoms with Crippen LogP contribution in [0.2, 0.25) is 5.02 Å². The van der Waals surface area contributed by atoms with Gasteiger partial charge in [-0.3, -0.25) is 4.79 Å². The van der Waals surface area contributed by atoms with Gasteiger partial charge in [0.15, 0.2) is 0 Å². The van der Waals surface area contributed by atoms with Crippen molar-refractivity contribution in [2.24, 2.45) is 0 Å². The topological polar surface area (TPSA) is 38.3 Å². The summed E-state index contributed by atoms with van der Waals surface area (Å²) in [6.07, 6.45) is 0.275. The van der Waals surface area contributed by atoms with Crippen LogP contribution in [0, 0.1) is 0 Å². The zero-order chi connectivity index (χ0) is 15.8. The molecule has 0 spiro atoms. The van der Waals surface area contributed by atoms with Crippen molar-refractivity contribution in [3.8, 4) is 0 Å². The summed E-state index contributed by atoms with van der Waals surface area (Å²) >= 11 is 5.93. The molecule has 1 N–H and O–H groups in total. The number of rotatable bonds is 7. The number of halogens is 1. The standard InChI is InChI=1S/C18H20ClNO2/c1-14(22-13-16-6-3-2-4-7-16)18(21)20-11-10-15-8-5-9-17(19)12-15/h2-9,12,14H,10-11,13H2,1H3,(H,20,21). The number of nitrogens with one attached hydrogen (secondary N) is 1. The van der Waals surface area contributed by atoms with Gasteiger partial charge in [0.1, 0.15) is 6.10 Å². The normalized spacial score (nSPS) is 11.9. The van der Waals surface area contributed by atoms with E-state index in [-0.39, 0.29) is 5.91 Å². The molecule has 116 valence electrons. The molecular weight excluding hydrogens is 298 g/mol. The molecule has 2 aromatic carbocycles. The van der Waals surface area contributed by atoms with E-state index in [9.17, 15) is 4.79 Å². The molecule has 0 aliphatic rings. The van der Waals surface area contributed by atoms with Gasteiger partial charge in [-0.2, -0.15) is 0 Å². The highest BCUT2D eigenvalue weighted by Crippen LogP contribution is 2.10. The molecule has 0 radical (unpaired) electrons. The van der Waals surface area contributed by atoms with E-state index in [4.69, 9.17) is 16.3 Å². The molecule has 3 nitrogen and oxygen atoms in total. The summed E-state index contributed by atoms with van der Waals surface area (Å²) in [6.45, 7) is 2.76. The van der Waals surface area contributed by atoms with E-state index >= 15 is 0 Å². The van der Waals surface area contributed by atoms with Crippen LogP contribution in [0.1, 0.15) is 18.1 Å². The smallest absolute Gasteiger partial charge is 0.248 e. The van der Waals surface area contributed by atoms with E-state index in [1.165, 1.54) is 0 Å². The van der Waals surface area contributed by atoms with E-state index in [1.54, 1.807) is 6.92 Å². The highest BCUT2D eigenvalue weighted by molar-refractivity contribution is 6.30. The van der Waals surface area contributed by atoms with Crippen LogP contribution in [-0.4, -0.2) is 18.6 Å². The first kappa shape index (κ1) is 16.5. The van der Waals surface area contributed by atoms with Gasteiger partial charge in [0.05, 0.1) is 6.61 Å². The largest absolute Gasteiger partial charge is 0.364 e. The van der Waals surface area contributed by atoms with E-state index in [0.717, 1.165) is 17.5 Å². The minimum Gasteiger partial charge on any atom is -0.364 e. The average molecular weight is 318 g/mol. The maximum absolute atomic E-state index is 12.0. The van der Waals surface area contributed by atoms with Gasteiger partial charge in [-0.1, -0.05) is 54.1 Å². The second-order valence-electron chi connectivity index (χ2n) is 5.11. The molecule has 1 atom stereocenters. The Bertz CT molecular complexity index is 601. The zero-order valence-corrected chi connectivity index (χ0v) is 13.3. The Labute approximate surface area is 136 Å². The zero-order valence-electron chi connectivity index (χ0n) is 12.6. The van der Waals surface area contributed by atoms with Gasteiger partial charge in [0.25, 0.3) is 0 Å². The number of amides is 1. The summed E-state index contributed by atoms with van der Waals surface area (Å²) in [5.41, 5.74) is 2.16. The van der Waals surface area contributed by atoms with Crippen LogP contribution in [-0.2, 0) is 22.6 Å². The van der Waals surface area contributed by atoms with Crippen molar-refractivity contribution in [3.05, 3.63) is 70.7 Å². The summed E-state index contributed by atoms with van der Waals surface area (Å²) in [4.78, 5) is 12.0. The lowest BCUT2D eigenvalue weighted by Gasteiger charge is -2.13. The van der Waals surface area contributed by atoms with Crippen LogP contribution in [0.15, 0.2) is 54.6 Å². The number of hydrogen-bond donors (Lipinski definition) is 1. The molecule has 2 rings (SSSR count). The van der Waals surface area contributed by atoms with E-state index in [1.807, 2.05) is 54.6 Å². The maximum atomic E-state index is 12.0. The first-order valence-corrected chi connectivity index (χ1v) is 7.70. The number of benzene rings is 2. The van der Waals surface area contributed by atoms with E-state index in [0.29, 0.717) is 18.2 Å². The van der Waals surface area contributed by atoms with Gasteiger partial charge >= 0.3 is 0 Å². The molecule has 1 amide bonds. The summed E-state index contributed by atoms with van der Waals surface area (Å²) in [6, 6.07) is 17.5. The first-order valence-electron chi connectivity index (χ1n) is 7.33. The maximum Gasteiger partial charge on any atom is 0.248 e. The predicted octanol–water partition coefficient (Wildman–Crippen LogP) is 3.60. The van der Waals surface area contributed by atoms with Gasteiger partial charge in [-0.15, -0.1) is 0 Å². The third-order valence-electron chi connectivity index (χ3n) is 3.31. The van der Waals surface area contributed by atoms with Crippen LogP contribution >= 0.6 is 11.6 Å². The summed E-state index contributed by atoms with van der Waals surface area (Å²) in [7, 11) is 0. The van der Waals surface area contributed by atoms with Crippen molar-refractivity contribution in [2.75, 3.05) is 6.54 Å². The third-order valence-corrected chi connectivity index (χ3v) is 3.55. The fraction of sp³-hybridized carbons (Fsp3) is 0.278. The van der Waals surface area contributed by atoms with Crippen LogP contribution in [0.25, 0.3) is 0 Å². The average Bonchev–Trinajstić information content (AvgIpc) is 2.53. The molecule has 0 bridgehead atoms. The fourth-order valence-corrected chi connectivity index (χ4v) is 2.25. The third kappa shape index (κ3) is 5.51. The Morgan fingerprint density at radius 3 is 2.59 bits per heavy atom. The Kier molecular flexibility index (Phi) is 6.44. The molecule has 4 heteroatoms. The summed E-state index contributed by atoms with van der Waals surface area (Å²) < 4.78 is 5.58. The van der Waals surface area contributed by atoms with Crippen molar-refractivity contribution in [1.29, 1.82) is 0 Å². The van der Waals surface area contributed by atoms with Gasteiger partial charge in [-0.25, -0.2) is 0 Å². The monoisotopic (exact) mass is 317 g/mol. The lowest BCUT2D eigenvalue weighted by atomic mass is 10.1. The Hall–Kier alpha value is -1.84. The van der Waals surface area contributed by atoms with Crippen LogP contribution in [0.3, 0.4) is 0 Å². The fourth-order valence-electron chi connectivity index (χ4n) is 2.04. The summed E-state index contributed by atoms with van der Waals surface area (Å²) in [5.74, 6) is -0.0991. The Balaban J connectivity index is 1.70. The van der Waals surface area contributed by atoms with Crippen molar-refractivity contribution in [3.63, 3.8) is 0 Å². The molecule has 0 aliphatic carbocycles. The molecule has 0 saturated carbocycles. The molecule has 0 fully saturated rings. The Morgan fingerprint density at radius 1 is 1.14 bits per heavy atom. The van der Waals surface area contributed by atoms with Gasteiger partial charge in [0, 0.05) is 11.6 Å². The van der Waals surface area contributed by atoms with E-state index in [2.05, 4.69) is 5.32 Å². The first-order chi connectivity index (χ1) is 10.6. The minimum atomic E-state index is -0.473. The van der Waals surface area contributed by atoms with Crippen molar-refractivity contribution in [1.82, 2.24) is 5.32 Å². The van der Waals surface area contributed by atoms with E-state index < -0.39 is 6.10 Å². The van der Waals surface area contributed by atoms with Crippen LogP contribution in [0.5, 0.6) is 0 Å². The molecule has 0 aliphatic heterocycles. The van der Waals surface area contributed by atoms with Crippen LogP contribution < -0.4 is 5.32 Å². The number of hydrogen-bond acceptors (Lipinski definition) is 2. The number of ether oxygens (including phenoxy) is 1. The highest BCUT2D eigenvalue weighted by Gasteiger charge is 2.12. The number of carbonyl (C=O) groups excluding carboxylic acids is 1. The molecule has 0 saturated heterocycles. The van der Waals surface area contributed by atoms with Crippen molar-refractivity contribution < 1.29 is 9.53 Å². The molecule has 1 unspecified atom stereocenters. The molecule has 22 heavy (non-hydrogen) atoms.